The zero-order chi connectivity index (χ0) is 29.3. The number of hydrogen-bond acceptors (Lipinski definition) is 9. The maximum absolute atomic E-state index is 14.2. The van der Waals surface area contributed by atoms with Crippen LogP contribution in [0.3, 0.4) is 0 Å². The first-order valence-corrected chi connectivity index (χ1v) is 12.7. The number of phenols is 1. The number of aliphatic hydroxyl groups is 4. The zero-order valence-corrected chi connectivity index (χ0v) is 22.3. The van der Waals surface area contributed by atoms with Crippen LogP contribution in [0.15, 0.2) is 59.4 Å². The van der Waals surface area contributed by atoms with Gasteiger partial charge in [0.05, 0.1) is 29.2 Å². The second kappa shape index (κ2) is 9.44. The Morgan fingerprint density at radius 3 is 2.30 bits per heavy atom. The molecule has 10 nitrogen and oxygen atoms in total. The van der Waals surface area contributed by atoms with E-state index < -0.39 is 69.7 Å². The number of rotatable bonds is 3. The second-order valence-electron chi connectivity index (χ2n) is 10.6. The average molecular weight is 547 g/mol. The summed E-state index contributed by atoms with van der Waals surface area (Å²) >= 11 is 0. The van der Waals surface area contributed by atoms with Gasteiger partial charge in [-0.05, 0) is 43.8 Å². The number of nitrogens with zero attached hydrogens (tertiary/aromatic N) is 1. The molecule has 5 rings (SSSR count). The van der Waals surface area contributed by atoms with E-state index in [0.717, 1.165) is 5.56 Å². The van der Waals surface area contributed by atoms with Crippen molar-refractivity contribution in [3.8, 4) is 5.75 Å². The van der Waals surface area contributed by atoms with Gasteiger partial charge < -0.3 is 30.8 Å². The Labute approximate surface area is 230 Å². The highest BCUT2D eigenvalue weighted by atomic mass is 16.4. The van der Waals surface area contributed by atoms with Gasteiger partial charge in [-0.25, -0.2) is 0 Å². The van der Waals surface area contributed by atoms with Gasteiger partial charge in [0.15, 0.2) is 11.4 Å². The lowest BCUT2D eigenvalue weighted by Gasteiger charge is -2.53. The summed E-state index contributed by atoms with van der Waals surface area (Å²) in [5.41, 5.74) is -1.87. The van der Waals surface area contributed by atoms with E-state index >= 15 is 0 Å². The van der Waals surface area contributed by atoms with Crippen molar-refractivity contribution in [3.05, 3.63) is 81.6 Å². The number of phenolic OH excluding ortho intramolecular Hbond substituents is 1. The lowest BCUT2D eigenvalue weighted by molar-refractivity contribution is -0.166. The summed E-state index contributed by atoms with van der Waals surface area (Å²) in [7, 11) is 4.20. The molecule has 0 unspecified atom stereocenters. The Hall–Kier alpha value is -4.25. The maximum atomic E-state index is 14.2. The summed E-state index contributed by atoms with van der Waals surface area (Å²) in [4.78, 5) is 41.8. The van der Waals surface area contributed by atoms with Crippen molar-refractivity contribution >= 4 is 34.9 Å². The highest BCUT2D eigenvalue weighted by molar-refractivity contribution is 6.25. The Bertz CT molecular complexity index is 1550. The number of fused-ring (bicyclic) bond motifs is 3. The fraction of sp³-hybridized carbons (Fsp3) is 0.300. The molecule has 1 amide bonds. The normalized spacial score (nSPS) is 28.9. The molecule has 2 aromatic carbocycles. The molecule has 0 saturated heterocycles. The molecule has 0 aliphatic heterocycles. The van der Waals surface area contributed by atoms with E-state index in [-0.39, 0.29) is 11.3 Å². The SMILES string of the molecule is CNC(=O)C1=C(O)[C@@]2(O)C(=O)C3=C(O)c4c(O)cccc4/C(=C\c4ccc(C)cc4)[C@H]3[C@H](O)[C@H]2[C@H](N(C)C)C1=O. The number of nitrogens with one attached hydrogen (secondary N) is 1. The van der Waals surface area contributed by atoms with Crippen molar-refractivity contribution in [2.24, 2.45) is 11.8 Å². The van der Waals surface area contributed by atoms with Crippen molar-refractivity contribution in [2.75, 3.05) is 21.1 Å². The molecular weight excluding hydrogens is 516 g/mol. The first-order chi connectivity index (χ1) is 18.9. The van der Waals surface area contributed by atoms with Crippen molar-refractivity contribution in [3.63, 3.8) is 0 Å². The van der Waals surface area contributed by atoms with E-state index in [0.29, 0.717) is 16.7 Å². The van der Waals surface area contributed by atoms with Gasteiger partial charge in [0.2, 0.25) is 5.78 Å². The van der Waals surface area contributed by atoms with E-state index in [2.05, 4.69) is 5.32 Å². The standard InChI is InChI=1S/C30H30N2O8/c1-13-8-10-14(11-9-13)12-16-15-6-5-7-17(33)18(15)24(34)20-19(16)25(35)22-23(32(3)4)26(36)21(29(39)31-2)28(38)30(22,40)27(20)37/h5-12,19,22-23,25,33-35,38,40H,1-4H3,(H,31,39)/b16-12+/t19-,22-,23+,25+,30+/m1/s1. The van der Waals surface area contributed by atoms with Crippen molar-refractivity contribution in [1.29, 1.82) is 0 Å². The maximum Gasteiger partial charge on any atom is 0.258 e. The molecule has 0 bridgehead atoms. The Morgan fingerprint density at radius 1 is 1.05 bits per heavy atom. The molecule has 0 spiro atoms. The van der Waals surface area contributed by atoms with Crippen molar-refractivity contribution < 1.29 is 39.9 Å². The topological polar surface area (TPSA) is 168 Å². The van der Waals surface area contributed by atoms with Crippen LogP contribution in [-0.2, 0) is 14.4 Å². The van der Waals surface area contributed by atoms with E-state index in [1.54, 1.807) is 18.2 Å². The van der Waals surface area contributed by atoms with E-state index in [1.807, 2.05) is 31.2 Å². The zero-order valence-electron chi connectivity index (χ0n) is 22.3. The molecule has 3 aliphatic carbocycles. The summed E-state index contributed by atoms with van der Waals surface area (Å²) in [5.74, 6) is -8.17. The molecule has 1 saturated carbocycles. The van der Waals surface area contributed by atoms with Crippen LogP contribution in [0.25, 0.3) is 17.4 Å². The van der Waals surface area contributed by atoms with Crippen LogP contribution >= 0.6 is 0 Å². The molecule has 40 heavy (non-hydrogen) atoms. The van der Waals surface area contributed by atoms with E-state index in [9.17, 15) is 39.9 Å². The summed E-state index contributed by atoms with van der Waals surface area (Å²) in [5, 5.41) is 59.4. The van der Waals surface area contributed by atoms with Crippen LogP contribution in [0.2, 0.25) is 0 Å². The molecular formula is C30H30N2O8. The van der Waals surface area contributed by atoms with Gasteiger partial charge in [0.25, 0.3) is 5.91 Å². The molecule has 208 valence electrons. The third kappa shape index (κ3) is 3.64. The Balaban J connectivity index is 1.85. The first kappa shape index (κ1) is 27.3. The molecule has 0 radical (unpaired) electrons. The number of ketones is 2. The summed E-state index contributed by atoms with van der Waals surface area (Å²) in [6.07, 6.45) is 0.00760. The minimum absolute atomic E-state index is 0.0826. The van der Waals surface area contributed by atoms with Crippen LogP contribution < -0.4 is 5.32 Å². The van der Waals surface area contributed by atoms with Gasteiger partial charge >= 0.3 is 0 Å². The third-order valence-corrected chi connectivity index (χ3v) is 8.14. The van der Waals surface area contributed by atoms with Gasteiger partial charge in [-0.3, -0.25) is 19.3 Å². The molecule has 3 aliphatic rings. The largest absolute Gasteiger partial charge is 0.508 e. The van der Waals surface area contributed by atoms with Crippen LogP contribution in [0, 0.1) is 18.8 Å². The van der Waals surface area contributed by atoms with Gasteiger partial charge in [-0.2, -0.15) is 0 Å². The van der Waals surface area contributed by atoms with Gasteiger partial charge in [-0.15, -0.1) is 0 Å². The molecule has 10 heteroatoms. The van der Waals surface area contributed by atoms with Crippen LogP contribution in [0.4, 0.5) is 0 Å². The average Bonchev–Trinajstić information content (AvgIpc) is 2.91. The fourth-order valence-corrected chi connectivity index (χ4v) is 6.26. The molecule has 2 aromatic rings. The van der Waals surface area contributed by atoms with Crippen molar-refractivity contribution in [1.82, 2.24) is 10.2 Å². The lowest BCUT2D eigenvalue weighted by atomic mass is 9.55. The lowest BCUT2D eigenvalue weighted by Crippen LogP contribution is -2.70. The number of carbonyl (C=O) groups is 3. The molecule has 0 heterocycles. The quantitative estimate of drug-likeness (QED) is 0.313. The second-order valence-corrected chi connectivity index (χ2v) is 10.6. The predicted octanol–water partition coefficient (Wildman–Crippen LogP) is 1.50. The number of likely N-dealkylation sites (N-methyl/N-ethyl adjacent to an activating group) is 2. The molecule has 1 fully saturated rings. The van der Waals surface area contributed by atoms with Gasteiger partial charge in [-0.1, -0.05) is 48.0 Å². The predicted molar refractivity (Wildman–Crippen MR) is 146 cm³/mol. The summed E-state index contributed by atoms with van der Waals surface area (Å²) in [6.45, 7) is 1.92. The number of Topliss-reactive ketones (excluding diaryl/α,β-unsaturated/α-hetero) is 2. The Morgan fingerprint density at radius 2 is 1.70 bits per heavy atom. The monoisotopic (exact) mass is 546 g/mol. The van der Waals surface area contributed by atoms with Crippen LogP contribution in [0.5, 0.6) is 5.75 Å². The van der Waals surface area contributed by atoms with Crippen LogP contribution in [-0.4, -0.2) is 86.8 Å². The fourth-order valence-electron chi connectivity index (χ4n) is 6.26. The Kier molecular flexibility index (Phi) is 6.45. The smallest absolute Gasteiger partial charge is 0.258 e. The molecule has 6 N–H and O–H groups in total. The van der Waals surface area contributed by atoms with Crippen LogP contribution in [0.1, 0.15) is 22.3 Å². The highest BCUT2D eigenvalue weighted by Gasteiger charge is 2.68. The number of aryl methyl sites for hydroxylation is 1. The summed E-state index contributed by atoms with van der Waals surface area (Å²) < 4.78 is 0. The summed E-state index contributed by atoms with van der Waals surface area (Å²) in [6, 6.07) is 10.5. The third-order valence-electron chi connectivity index (χ3n) is 8.14. The van der Waals surface area contributed by atoms with Gasteiger partial charge in [0, 0.05) is 13.0 Å². The number of aromatic hydroxyl groups is 1. The van der Waals surface area contributed by atoms with Crippen molar-refractivity contribution in [2.45, 2.75) is 24.7 Å². The number of hydrogen-bond donors (Lipinski definition) is 6. The number of amides is 1. The van der Waals surface area contributed by atoms with Gasteiger partial charge in [0.1, 0.15) is 22.8 Å². The number of carbonyl (C=O) groups excluding carboxylic acids is 3. The van der Waals surface area contributed by atoms with E-state index in [4.69, 9.17) is 0 Å². The molecule has 5 atom stereocenters. The minimum atomic E-state index is -2.93. The highest BCUT2D eigenvalue weighted by Crippen LogP contribution is 2.56. The van der Waals surface area contributed by atoms with E-state index in [1.165, 1.54) is 32.1 Å². The first-order valence-electron chi connectivity index (χ1n) is 12.7. The number of aliphatic hydroxyl groups excluding tert-OH is 3. The minimum Gasteiger partial charge on any atom is -0.508 e. The number of benzene rings is 2. The molecule has 0 aromatic heterocycles.